The molecule has 0 spiro atoms. The summed E-state index contributed by atoms with van der Waals surface area (Å²) in [5.41, 5.74) is 0.620. The van der Waals surface area contributed by atoms with Gasteiger partial charge in [-0.25, -0.2) is 9.37 Å². The molecule has 0 aliphatic carbocycles. The molecule has 1 N–H and O–H groups in total. The maximum absolute atomic E-state index is 13.0. The summed E-state index contributed by atoms with van der Waals surface area (Å²) in [5.74, 6) is 0.301. The third-order valence-electron chi connectivity index (χ3n) is 1.92. The second-order valence-corrected chi connectivity index (χ2v) is 4.40. The van der Waals surface area contributed by atoms with E-state index >= 15 is 0 Å². The molecule has 0 aliphatic rings. The first-order chi connectivity index (χ1) is 7.65. The number of halogens is 3. The summed E-state index contributed by atoms with van der Waals surface area (Å²) in [6.07, 6.45) is 1.52. The molecule has 0 saturated carbocycles. The highest BCUT2D eigenvalue weighted by Crippen LogP contribution is 2.26. The minimum absolute atomic E-state index is 0.306. The molecule has 0 saturated heterocycles. The van der Waals surface area contributed by atoms with Gasteiger partial charge in [0.15, 0.2) is 0 Å². The number of nitrogens with one attached hydrogen (secondary N) is 1. The van der Waals surface area contributed by atoms with E-state index in [4.69, 9.17) is 11.6 Å². The lowest BCUT2D eigenvalue weighted by Crippen LogP contribution is -1.94. The smallest absolute Gasteiger partial charge is 0.130 e. The molecule has 82 valence electrons. The van der Waals surface area contributed by atoms with Gasteiger partial charge < -0.3 is 5.32 Å². The number of hydrogen-bond acceptors (Lipinski definition) is 2. The molecule has 1 heterocycles. The summed E-state index contributed by atoms with van der Waals surface area (Å²) < 4.78 is 13.8. The first-order valence-electron chi connectivity index (χ1n) is 4.49. The number of nitrogens with zero attached hydrogens (tertiary/aromatic N) is 1. The van der Waals surface area contributed by atoms with E-state index in [0.29, 0.717) is 16.5 Å². The van der Waals surface area contributed by atoms with E-state index in [9.17, 15) is 4.39 Å². The van der Waals surface area contributed by atoms with E-state index < -0.39 is 0 Å². The average Bonchev–Trinajstić information content (AvgIpc) is 2.27. The van der Waals surface area contributed by atoms with E-state index in [2.05, 4.69) is 26.2 Å². The summed E-state index contributed by atoms with van der Waals surface area (Å²) in [6.45, 7) is 0. The predicted octanol–water partition coefficient (Wildman–Crippen LogP) is 4.38. The Hall–Kier alpha value is -1.13. The second kappa shape index (κ2) is 4.80. The van der Waals surface area contributed by atoms with Crippen molar-refractivity contribution in [1.29, 1.82) is 0 Å². The fraction of sp³-hybridized carbons (Fsp3) is 0. The van der Waals surface area contributed by atoms with Crippen molar-refractivity contribution in [2.24, 2.45) is 0 Å². The van der Waals surface area contributed by atoms with E-state index in [1.165, 1.54) is 18.3 Å². The van der Waals surface area contributed by atoms with Gasteiger partial charge in [-0.3, -0.25) is 0 Å². The molecule has 0 aliphatic heterocycles. The number of rotatable bonds is 2. The van der Waals surface area contributed by atoms with Gasteiger partial charge in [-0.1, -0.05) is 11.6 Å². The molecule has 2 aromatic rings. The molecule has 2 rings (SSSR count). The summed E-state index contributed by atoms with van der Waals surface area (Å²) in [5, 5.41) is 3.54. The van der Waals surface area contributed by atoms with Crippen LogP contribution >= 0.6 is 27.5 Å². The van der Waals surface area contributed by atoms with E-state index in [-0.39, 0.29) is 5.82 Å². The third-order valence-corrected chi connectivity index (χ3v) is 2.83. The Morgan fingerprint density at radius 2 is 2.06 bits per heavy atom. The summed E-state index contributed by atoms with van der Waals surface area (Å²) in [4.78, 5) is 4.06. The zero-order valence-electron chi connectivity index (χ0n) is 8.05. The van der Waals surface area contributed by atoms with Crippen LogP contribution in [0, 0.1) is 5.82 Å². The van der Waals surface area contributed by atoms with Crippen molar-refractivity contribution >= 4 is 39.0 Å². The minimum Gasteiger partial charge on any atom is -0.339 e. The topological polar surface area (TPSA) is 24.9 Å². The second-order valence-electron chi connectivity index (χ2n) is 3.11. The Balaban J connectivity index is 2.26. The highest BCUT2D eigenvalue weighted by Gasteiger charge is 2.02. The monoisotopic (exact) mass is 300 g/mol. The molecule has 0 fully saturated rings. The van der Waals surface area contributed by atoms with Crippen molar-refractivity contribution in [2.45, 2.75) is 0 Å². The Kier molecular flexibility index (Phi) is 3.41. The highest BCUT2D eigenvalue weighted by molar-refractivity contribution is 9.10. The third kappa shape index (κ3) is 2.71. The largest absolute Gasteiger partial charge is 0.339 e. The van der Waals surface area contributed by atoms with Crippen molar-refractivity contribution in [3.63, 3.8) is 0 Å². The molecular formula is C11H7BrClFN2. The van der Waals surface area contributed by atoms with Crippen LogP contribution in [0.2, 0.25) is 5.02 Å². The molecule has 0 unspecified atom stereocenters. The normalized spacial score (nSPS) is 10.2. The summed E-state index contributed by atoms with van der Waals surface area (Å²) in [7, 11) is 0. The first-order valence-corrected chi connectivity index (χ1v) is 5.66. The van der Waals surface area contributed by atoms with Gasteiger partial charge >= 0.3 is 0 Å². The van der Waals surface area contributed by atoms with Gasteiger partial charge in [-0.05, 0) is 46.3 Å². The molecule has 16 heavy (non-hydrogen) atoms. The molecule has 0 atom stereocenters. The van der Waals surface area contributed by atoms with Gasteiger partial charge in [-0.15, -0.1) is 0 Å². The van der Waals surface area contributed by atoms with Crippen molar-refractivity contribution in [2.75, 3.05) is 5.32 Å². The van der Waals surface area contributed by atoms with E-state index in [0.717, 1.165) is 4.47 Å². The Bertz CT molecular complexity index is 502. The minimum atomic E-state index is -0.306. The zero-order valence-corrected chi connectivity index (χ0v) is 10.4. The fourth-order valence-electron chi connectivity index (χ4n) is 1.18. The quantitative estimate of drug-likeness (QED) is 0.890. The van der Waals surface area contributed by atoms with Gasteiger partial charge in [-0.2, -0.15) is 0 Å². The van der Waals surface area contributed by atoms with Crippen LogP contribution in [-0.2, 0) is 0 Å². The van der Waals surface area contributed by atoms with Crippen molar-refractivity contribution in [1.82, 2.24) is 4.98 Å². The predicted molar refractivity (Wildman–Crippen MR) is 66.6 cm³/mol. The van der Waals surface area contributed by atoms with Crippen LogP contribution in [-0.4, -0.2) is 4.98 Å². The summed E-state index contributed by atoms with van der Waals surface area (Å²) >= 11 is 9.03. The number of aromatic nitrogens is 1. The van der Waals surface area contributed by atoms with Gasteiger partial charge in [0.1, 0.15) is 11.6 Å². The maximum Gasteiger partial charge on any atom is 0.130 e. The van der Waals surface area contributed by atoms with Crippen molar-refractivity contribution < 1.29 is 4.39 Å². The fourth-order valence-corrected chi connectivity index (χ4v) is 1.64. The molecule has 0 radical (unpaired) electrons. The van der Waals surface area contributed by atoms with E-state index in [1.807, 2.05) is 0 Å². The number of anilines is 2. The SMILES string of the molecule is Fc1ccc(Br)c(Nc2ccc(Cl)cn2)c1. The average molecular weight is 302 g/mol. The lowest BCUT2D eigenvalue weighted by Gasteiger charge is -2.07. The number of pyridine rings is 1. The van der Waals surface area contributed by atoms with Crippen LogP contribution in [0.15, 0.2) is 41.0 Å². The summed E-state index contributed by atoms with van der Waals surface area (Å²) in [6, 6.07) is 7.84. The van der Waals surface area contributed by atoms with Crippen LogP contribution in [0.1, 0.15) is 0 Å². The van der Waals surface area contributed by atoms with Crippen LogP contribution in [0.3, 0.4) is 0 Å². The number of benzene rings is 1. The molecule has 1 aromatic carbocycles. The first kappa shape index (κ1) is 11.4. The molecule has 2 nitrogen and oxygen atoms in total. The van der Waals surface area contributed by atoms with Crippen LogP contribution in [0.5, 0.6) is 0 Å². The Morgan fingerprint density at radius 3 is 2.75 bits per heavy atom. The lowest BCUT2D eigenvalue weighted by atomic mass is 10.3. The standard InChI is InChI=1S/C11H7BrClFN2/c12-9-3-2-8(14)5-10(9)16-11-4-1-7(13)6-15-11/h1-6H,(H,15,16). The van der Waals surface area contributed by atoms with Crippen LogP contribution in [0.4, 0.5) is 15.9 Å². The van der Waals surface area contributed by atoms with Gasteiger partial charge in [0.25, 0.3) is 0 Å². The molecular weight excluding hydrogens is 294 g/mol. The Morgan fingerprint density at radius 1 is 1.25 bits per heavy atom. The highest BCUT2D eigenvalue weighted by atomic mass is 79.9. The van der Waals surface area contributed by atoms with Gasteiger partial charge in [0, 0.05) is 10.7 Å². The van der Waals surface area contributed by atoms with Crippen molar-refractivity contribution in [3.05, 3.63) is 51.8 Å². The zero-order chi connectivity index (χ0) is 11.5. The molecule has 0 bridgehead atoms. The van der Waals surface area contributed by atoms with Crippen LogP contribution in [0.25, 0.3) is 0 Å². The maximum atomic E-state index is 13.0. The number of hydrogen-bond donors (Lipinski definition) is 1. The van der Waals surface area contributed by atoms with Crippen molar-refractivity contribution in [3.8, 4) is 0 Å². The molecule has 1 aromatic heterocycles. The Labute approximate surface area is 106 Å². The van der Waals surface area contributed by atoms with Crippen LogP contribution < -0.4 is 5.32 Å². The van der Waals surface area contributed by atoms with Gasteiger partial charge in [0.05, 0.1) is 10.7 Å². The van der Waals surface area contributed by atoms with E-state index in [1.54, 1.807) is 18.2 Å². The lowest BCUT2D eigenvalue weighted by molar-refractivity contribution is 0.628. The molecule has 0 amide bonds. The van der Waals surface area contributed by atoms with Gasteiger partial charge in [0.2, 0.25) is 0 Å². The molecule has 5 heteroatoms.